The van der Waals surface area contributed by atoms with E-state index in [9.17, 15) is 9.50 Å². The van der Waals surface area contributed by atoms with Crippen molar-refractivity contribution in [3.05, 3.63) is 44.6 Å². The predicted octanol–water partition coefficient (Wildman–Crippen LogP) is 3.59. The van der Waals surface area contributed by atoms with Gasteiger partial charge in [-0.2, -0.15) is 0 Å². The Balaban J connectivity index is 1.74. The number of halogens is 1. The van der Waals surface area contributed by atoms with E-state index in [2.05, 4.69) is 4.90 Å². The highest BCUT2D eigenvalue weighted by Crippen LogP contribution is 2.43. The van der Waals surface area contributed by atoms with E-state index in [1.807, 2.05) is 18.2 Å². The fourth-order valence-electron chi connectivity index (χ4n) is 3.66. The van der Waals surface area contributed by atoms with E-state index in [-0.39, 0.29) is 18.5 Å². The molecule has 0 aliphatic carbocycles. The minimum atomic E-state index is -0.378. The average Bonchev–Trinajstić information content (AvgIpc) is 2.94. The summed E-state index contributed by atoms with van der Waals surface area (Å²) in [5, 5.41) is 10.1. The molecule has 1 N–H and O–H groups in total. The summed E-state index contributed by atoms with van der Waals surface area (Å²) >= 11 is 1.59. The molecule has 1 aromatic heterocycles. The highest BCUT2D eigenvalue weighted by atomic mass is 32.1. The predicted molar refractivity (Wildman–Crippen MR) is 84.3 cm³/mol. The molecule has 116 valence electrons. The van der Waals surface area contributed by atoms with Gasteiger partial charge < -0.3 is 9.84 Å². The van der Waals surface area contributed by atoms with Gasteiger partial charge in [0.05, 0.1) is 7.11 Å². The molecule has 1 atom stereocenters. The fraction of sp³-hybridized carbons (Fsp3) is 0.412. The molecule has 0 bridgehead atoms. The molecule has 2 aromatic rings. The summed E-state index contributed by atoms with van der Waals surface area (Å²) in [4.78, 5) is 4.55. The van der Waals surface area contributed by atoms with E-state index in [0.717, 1.165) is 30.8 Å². The van der Waals surface area contributed by atoms with Crippen LogP contribution in [0.3, 0.4) is 0 Å². The van der Waals surface area contributed by atoms with Gasteiger partial charge in [0.1, 0.15) is 6.67 Å². The third-order valence-corrected chi connectivity index (χ3v) is 5.90. The van der Waals surface area contributed by atoms with Crippen LogP contribution in [0.25, 0.3) is 0 Å². The van der Waals surface area contributed by atoms with Crippen LogP contribution in [0, 0.1) is 0 Å². The van der Waals surface area contributed by atoms with Crippen LogP contribution in [0.15, 0.2) is 18.2 Å². The van der Waals surface area contributed by atoms with Crippen molar-refractivity contribution in [3.8, 4) is 11.5 Å². The number of hydrogen-bond donors (Lipinski definition) is 1. The summed E-state index contributed by atoms with van der Waals surface area (Å²) in [7, 11) is 1.58. The van der Waals surface area contributed by atoms with Gasteiger partial charge in [0.2, 0.25) is 0 Å². The SMILES string of the molecule is COc1cc2c(cc1O)C1Cc3sc(CF)cc3CN1CC2. The minimum absolute atomic E-state index is 0.199. The molecule has 0 fully saturated rings. The Morgan fingerprint density at radius 3 is 3.00 bits per heavy atom. The quantitative estimate of drug-likeness (QED) is 0.918. The highest BCUT2D eigenvalue weighted by Gasteiger charge is 2.33. The van der Waals surface area contributed by atoms with Crippen LogP contribution in [0.5, 0.6) is 11.5 Å². The maximum Gasteiger partial charge on any atom is 0.160 e. The lowest BCUT2D eigenvalue weighted by Gasteiger charge is -2.40. The van der Waals surface area contributed by atoms with Crippen LogP contribution in [-0.2, 0) is 26.1 Å². The molecule has 2 aliphatic rings. The molecular formula is C17H18FNO2S. The van der Waals surface area contributed by atoms with Crippen LogP contribution in [0.4, 0.5) is 4.39 Å². The van der Waals surface area contributed by atoms with Crippen molar-refractivity contribution in [3.63, 3.8) is 0 Å². The highest BCUT2D eigenvalue weighted by molar-refractivity contribution is 7.12. The van der Waals surface area contributed by atoms with Gasteiger partial charge in [-0.25, -0.2) is 4.39 Å². The monoisotopic (exact) mass is 319 g/mol. The van der Waals surface area contributed by atoms with Crippen molar-refractivity contribution < 1.29 is 14.2 Å². The molecular weight excluding hydrogens is 301 g/mol. The van der Waals surface area contributed by atoms with Crippen LogP contribution < -0.4 is 4.74 Å². The van der Waals surface area contributed by atoms with Gasteiger partial charge in [0, 0.05) is 35.3 Å². The number of aromatic hydroxyl groups is 1. The summed E-state index contributed by atoms with van der Waals surface area (Å²) in [6, 6.07) is 6.09. The van der Waals surface area contributed by atoms with E-state index in [1.54, 1.807) is 18.4 Å². The first-order valence-corrected chi connectivity index (χ1v) is 8.31. The summed E-state index contributed by atoms with van der Waals surface area (Å²) in [6.45, 7) is 1.49. The first kappa shape index (κ1) is 14.0. The van der Waals surface area contributed by atoms with Gasteiger partial charge in [-0.05, 0) is 41.3 Å². The Bertz CT molecular complexity index is 728. The Labute approximate surface area is 133 Å². The van der Waals surface area contributed by atoms with Crippen LogP contribution in [0.1, 0.15) is 32.5 Å². The van der Waals surface area contributed by atoms with Gasteiger partial charge in [-0.3, -0.25) is 4.90 Å². The van der Waals surface area contributed by atoms with E-state index < -0.39 is 0 Å². The zero-order chi connectivity index (χ0) is 15.3. The first-order valence-electron chi connectivity index (χ1n) is 7.50. The number of phenolic OH excluding ortho intramolecular Hbond substituents is 1. The Hall–Kier alpha value is -1.59. The Kier molecular flexibility index (Phi) is 3.35. The second-order valence-corrected chi connectivity index (χ2v) is 7.18. The number of benzene rings is 1. The van der Waals surface area contributed by atoms with E-state index >= 15 is 0 Å². The number of hydrogen-bond acceptors (Lipinski definition) is 4. The molecule has 0 saturated heterocycles. The lowest BCUT2D eigenvalue weighted by atomic mass is 9.86. The number of fused-ring (bicyclic) bond motifs is 4. The second kappa shape index (κ2) is 5.25. The summed E-state index contributed by atoms with van der Waals surface area (Å²) < 4.78 is 18.1. The Morgan fingerprint density at radius 2 is 2.23 bits per heavy atom. The number of rotatable bonds is 2. The Morgan fingerprint density at radius 1 is 1.36 bits per heavy atom. The van der Waals surface area contributed by atoms with Crippen molar-refractivity contribution in [2.75, 3.05) is 13.7 Å². The summed E-state index contributed by atoms with van der Waals surface area (Å²) in [5.41, 5.74) is 3.71. The van der Waals surface area contributed by atoms with Crippen molar-refractivity contribution in [1.82, 2.24) is 4.90 Å². The number of ether oxygens (including phenoxy) is 1. The molecule has 4 rings (SSSR count). The average molecular weight is 319 g/mol. The molecule has 0 amide bonds. The van der Waals surface area contributed by atoms with Crippen molar-refractivity contribution in [2.45, 2.75) is 32.1 Å². The van der Waals surface area contributed by atoms with Gasteiger partial charge in [0.25, 0.3) is 0 Å². The van der Waals surface area contributed by atoms with Crippen molar-refractivity contribution in [2.24, 2.45) is 0 Å². The summed E-state index contributed by atoms with van der Waals surface area (Å²) in [5.74, 6) is 0.740. The molecule has 1 unspecified atom stereocenters. The van der Waals surface area contributed by atoms with Gasteiger partial charge in [0.15, 0.2) is 11.5 Å². The molecule has 3 heterocycles. The zero-order valence-corrected chi connectivity index (χ0v) is 13.3. The fourth-order valence-corrected chi connectivity index (χ4v) is 4.72. The van der Waals surface area contributed by atoms with E-state index in [4.69, 9.17) is 4.74 Å². The topological polar surface area (TPSA) is 32.7 Å². The molecule has 3 nitrogen and oxygen atoms in total. The van der Waals surface area contributed by atoms with Crippen LogP contribution in [0.2, 0.25) is 0 Å². The standard InChI is InChI=1S/C17H18FNO2S/c1-21-16-5-10-2-3-19-9-11-4-12(8-18)22-17(11)7-14(19)13(10)6-15(16)20/h4-6,14,20H,2-3,7-9H2,1H3. The largest absolute Gasteiger partial charge is 0.504 e. The normalized spacial score (nSPS) is 20.2. The molecule has 5 heteroatoms. The maximum absolute atomic E-state index is 12.9. The first-order chi connectivity index (χ1) is 10.7. The second-order valence-electron chi connectivity index (χ2n) is 5.96. The van der Waals surface area contributed by atoms with Crippen molar-refractivity contribution >= 4 is 11.3 Å². The minimum Gasteiger partial charge on any atom is -0.504 e. The third kappa shape index (κ3) is 2.11. The molecule has 1 aromatic carbocycles. The molecule has 2 aliphatic heterocycles. The number of phenols is 1. The number of nitrogens with zero attached hydrogens (tertiary/aromatic N) is 1. The molecule has 0 spiro atoms. The molecule has 0 radical (unpaired) electrons. The van der Waals surface area contributed by atoms with E-state index in [1.165, 1.54) is 21.6 Å². The van der Waals surface area contributed by atoms with Crippen LogP contribution >= 0.6 is 11.3 Å². The number of methoxy groups -OCH3 is 1. The third-order valence-electron chi connectivity index (χ3n) is 4.74. The lowest BCUT2D eigenvalue weighted by molar-refractivity contribution is 0.162. The number of thiophene rings is 1. The molecule has 22 heavy (non-hydrogen) atoms. The lowest BCUT2D eigenvalue weighted by Crippen LogP contribution is -2.38. The van der Waals surface area contributed by atoms with Gasteiger partial charge >= 0.3 is 0 Å². The van der Waals surface area contributed by atoms with Crippen LogP contribution in [-0.4, -0.2) is 23.7 Å². The van der Waals surface area contributed by atoms with Gasteiger partial charge in [-0.15, -0.1) is 11.3 Å². The van der Waals surface area contributed by atoms with Crippen molar-refractivity contribution in [1.29, 1.82) is 0 Å². The zero-order valence-electron chi connectivity index (χ0n) is 12.4. The smallest absolute Gasteiger partial charge is 0.160 e. The maximum atomic E-state index is 12.9. The number of alkyl halides is 1. The van der Waals surface area contributed by atoms with E-state index in [0.29, 0.717) is 5.75 Å². The van der Waals surface area contributed by atoms with Gasteiger partial charge in [-0.1, -0.05) is 0 Å². The summed E-state index contributed by atoms with van der Waals surface area (Å²) in [6.07, 6.45) is 1.86. The molecule has 0 saturated carbocycles.